The largest absolute Gasteiger partial charge is 0.461 e. The number of aromatic nitrogens is 3. The molecule has 1 aromatic carbocycles. The zero-order valence-electron chi connectivity index (χ0n) is 10.3. The monoisotopic (exact) mass is 283 g/mol. The van der Waals surface area contributed by atoms with Crippen molar-refractivity contribution in [1.82, 2.24) is 15.0 Å². The maximum Gasteiger partial charge on any atom is 0.329 e. The summed E-state index contributed by atoms with van der Waals surface area (Å²) in [6, 6.07) is 5.81. The molecule has 0 amide bonds. The fourth-order valence-corrected chi connectivity index (χ4v) is 1.39. The Morgan fingerprint density at radius 1 is 1.11 bits per heavy atom. The van der Waals surface area contributed by atoms with E-state index in [4.69, 9.17) is 21.1 Å². The summed E-state index contributed by atoms with van der Waals surface area (Å²) in [6.07, 6.45) is -0.125. The molecule has 1 aromatic heterocycles. The van der Waals surface area contributed by atoms with Gasteiger partial charge < -0.3 is 9.47 Å². The Hall–Kier alpha value is -1.95. The molecule has 0 N–H and O–H groups in total. The minimum absolute atomic E-state index is 0.000244. The van der Waals surface area contributed by atoms with E-state index in [1.807, 2.05) is 13.8 Å². The molecule has 100 valence electrons. The minimum Gasteiger partial charge on any atom is -0.461 e. The van der Waals surface area contributed by atoms with Gasteiger partial charge in [-0.1, -0.05) is 12.1 Å². The van der Waals surface area contributed by atoms with E-state index in [2.05, 4.69) is 15.0 Å². The highest BCUT2D eigenvalue weighted by Gasteiger charge is 2.11. The van der Waals surface area contributed by atoms with Crippen LogP contribution in [0.2, 0.25) is 5.28 Å². The molecule has 0 aliphatic carbocycles. The highest BCUT2D eigenvalue weighted by Crippen LogP contribution is 2.23. The first-order chi connectivity index (χ1) is 9.04. The zero-order valence-corrected chi connectivity index (χ0v) is 11.1. The number of rotatable bonds is 4. The molecule has 0 saturated carbocycles. The fraction of sp³-hybridized carbons (Fsp3) is 0.250. The van der Waals surface area contributed by atoms with Crippen molar-refractivity contribution in [1.29, 1.82) is 0 Å². The first-order valence-corrected chi connectivity index (χ1v) is 5.93. The van der Waals surface area contributed by atoms with E-state index in [1.165, 1.54) is 12.1 Å². The Labute approximate surface area is 114 Å². The van der Waals surface area contributed by atoms with E-state index in [-0.39, 0.29) is 29.2 Å². The Kier molecular flexibility index (Phi) is 4.11. The molecule has 0 aliphatic heterocycles. The van der Waals surface area contributed by atoms with Gasteiger partial charge in [-0.3, -0.25) is 0 Å². The van der Waals surface area contributed by atoms with Gasteiger partial charge >= 0.3 is 12.0 Å². The van der Waals surface area contributed by atoms with Gasteiger partial charge in [0.15, 0.2) is 11.6 Å². The molecule has 2 aromatic rings. The summed E-state index contributed by atoms with van der Waals surface area (Å²) in [5.74, 6) is -0.523. The Morgan fingerprint density at radius 2 is 1.79 bits per heavy atom. The molecule has 0 atom stereocenters. The van der Waals surface area contributed by atoms with Gasteiger partial charge in [0, 0.05) is 0 Å². The molecule has 0 unspecified atom stereocenters. The summed E-state index contributed by atoms with van der Waals surface area (Å²) >= 11 is 5.72. The second kappa shape index (κ2) is 5.79. The van der Waals surface area contributed by atoms with Crippen LogP contribution in [0.15, 0.2) is 24.3 Å². The summed E-state index contributed by atoms with van der Waals surface area (Å²) in [6.45, 7) is 3.63. The molecule has 5 nitrogen and oxygen atoms in total. The van der Waals surface area contributed by atoms with Crippen LogP contribution in [0, 0.1) is 5.82 Å². The van der Waals surface area contributed by atoms with Crippen LogP contribution in [-0.4, -0.2) is 21.1 Å². The number of hydrogen-bond acceptors (Lipinski definition) is 5. The van der Waals surface area contributed by atoms with Gasteiger partial charge in [-0.15, -0.1) is 4.98 Å². The van der Waals surface area contributed by atoms with Crippen LogP contribution >= 0.6 is 11.6 Å². The molecule has 0 fully saturated rings. The number of benzene rings is 1. The Bertz CT molecular complexity index is 581. The summed E-state index contributed by atoms with van der Waals surface area (Å²) in [5.41, 5.74) is 0. The SMILES string of the molecule is CC(C)Oc1nc(Cl)nc(Oc2ccccc2F)n1. The van der Waals surface area contributed by atoms with Crippen LogP contribution < -0.4 is 9.47 Å². The average Bonchev–Trinajstić information content (AvgIpc) is 2.30. The predicted molar refractivity (Wildman–Crippen MR) is 67.1 cm³/mol. The third-order valence-corrected chi connectivity index (χ3v) is 2.12. The lowest BCUT2D eigenvalue weighted by Gasteiger charge is -2.09. The molecule has 0 aliphatic rings. The van der Waals surface area contributed by atoms with Gasteiger partial charge in [0.25, 0.3) is 0 Å². The van der Waals surface area contributed by atoms with Crippen LogP contribution in [0.1, 0.15) is 13.8 Å². The summed E-state index contributed by atoms with van der Waals surface area (Å²) < 4.78 is 23.9. The number of halogens is 2. The third-order valence-electron chi connectivity index (χ3n) is 1.95. The standard InChI is InChI=1S/C12H11ClFN3O2/c1-7(2)18-11-15-10(13)16-12(17-11)19-9-6-4-3-5-8(9)14/h3-7H,1-2H3. The number of nitrogens with zero attached hydrogens (tertiary/aromatic N) is 3. The predicted octanol–water partition coefficient (Wildman–Crippen LogP) is 3.24. The second-order valence-electron chi connectivity index (χ2n) is 3.87. The first-order valence-electron chi connectivity index (χ1n) is 5.55. The number of ether oxygens (including phenoxy) is 2. The van der Waals surface area contributed by atoms with E-state index in [0.717, 1.165) is 0 Å². The maximum absolute atomic E-state index is 13.4. The molecule has 19 heavy (non-hydrogen) atoms. The lowest BCUT2D eigenvalue weighted by Crippen LogP contribution is -2.09. The second-order valence-corrected chi connectivity index (χ2v) is 4.21. The van der Waals surface area contributed by atoms with E-state index in [1.54, 1.807) is 12.1 Å². The van der Waals surface area contributed by atoms with Crippen LogP contribution in [-0.2, 0) is 0 Å². The van der Waals surface area contributed by atoms with Crippen molar-refractivity contribution in [3.05, 3.63) is 35.4 Å². The summed E-state index contributed by atoms with van der Waals surface area (Å²) in [5, 5.41) is -0.0861. The first kappa shape index (κ1) is 13.5. The quantitative estimate of drug-likeness (QED) is 0.862. The molecule has 0 spiro atoms. The molecule has 1 heterocycles. The average molecular weight is 284 g/mol. The number of hydrogen-bond donors (Lipinski definition) is 0. The molecule has 2 rings (SSSR count). The highest BCUT2D eigenvalue weighted by atomic mass is 35.5. The Morgan fingerprint density at radius 3 is 2.47 bits per heavy atom. The highest BCUT2D eigenvalue weighted by molar-refractivity contribution is 6.28. The Balaban J connectivity index is 2.25. The van der Waals surface area contributed by atoms with Gasteiger partial charge in [-0.2, -0.15) is 9.97 Å². The molecule has 0 saturated heterocycles. The van der Waals surface area contributed by atoms with E-state index < -0.39 is 5.82 Å². The molecule has 0 bridgehead atoms. The van der Waals surface area contributed by atoms with Crippen LogP contribution in [0.3, 0.4) is 0 Å². The van der Waals surface area contributed by atoms with E-state index in [9.17, 15) is 4.39 Å². The van der Waals surface area contributed by atoms with E-state index in [0.29, 0.717) is 0 Å². The fourth-order valence-electron chi connectivity index (χ4n) is 1.25. The lowest BCUT2D eigenvalue weighted by atomic mass is 10.3. The molecule has 0 radical (unpaired) electrons. The van der Waals surface area contributed by atoms with Crippen molar-refractivity contribution >= 4 is 11.6 Å². The lowest BCUT2D eigenvalue weighted by molar-refractivity contribution is 0.218. The van der Waals surface area contributed by atoms with Crippen molar-refractivity contribution < 1.29 is 13.9 Å². The summed E-state index contributed by atoms with van der Waals surface area (Å²) in [7, 11) is 0. The van der Waals surface area contributed by atoms with Crippen LogP contribution in [0.25, 0.3) is 0 Å². The van der Waals surface area contributed by atoms with Crippen molar-refractivity contribution in [2.45, 2.75) is 20.0 Å². The normalized spacial score (nSPS) is 10.6. The van der Waals surface area contributed by atoms with Crippen molar-refractivity contribution in [2.75, 3.05) is 0 Å². The summed E-state index contributed by atoms with van der Waals surface area (Å²) in [4.78, 5) is 11.4. The van der Waals surface area contributed by atoms with Gasteiger partial charge in [0.1, 0.15) is 0 Å². The van der Waals surface area contributed by atoms with Crippen molar-refractivity contribution in [2.24, 2.45) is 0 Å². The van der Waals surface area contributed by atoms with Gasteiger partial charge in [-0.05, 0) is 37.6 Å². The van der Waals surface area contributed by atoms with Gasteiger partial charge in [-0.25, -0.2) is 4.39 Å². The molecule has 7 heteroatoms. The third kappa shape index (κ3) is 3.75. The molecular weight excluding hydrogens is 273 g/mol. The smallest absolute Gasteiger partial charge is 0.329 e. The zero-order chi connectivity index (χ0) is 13.8. The topological polar surface area (TPSA) is 57.1 Å². The minimum atomic E-state index is -0.523. The van der Waals surface area contributed by atoms with Crippen molar-refractivity contribution in [3.8, 4) is 17.8 Å². The maximum atomic E-state index is 13.4. The van der Waals surface area contributed by atoms with E-state index >= 15 is 0 Å². The van der Waals surface area contributed by atoms with Gasteiger partial charge in [0.2, 0.25) is 5.28 Å². The number of para-hydroxylation sites is 1. The van der Waals surface area contributed by atoms with Crippen LogP contribution in [0.5, 0.6) is 17.8 Å². The van der Waals surface area contributed by atoms with Crippen LogP contribution in [0.4, 0.5) is 4.39 Å². The van der Waals surface area contributed by atoms with Gasteiger partial charge in [0.05, 0.1) is 6.10 Å². The molecular formula is C12H11ClFN3O2. The van der Waals surface area contributed by atoms with Crippen molar-refractivity contribution in [3.63, 3.8) is 0 Å².